The summed E-state index contributed by atoms with van der Waals surface area (Å²) in [6.07, 6.45) is 0. The maximum Gasteiger partial charge on any atom is 0.342 e. The van der Waals surface area contributed by atoms with Crippen LogP contribution >= 0.6 is 0 Å². The molecule has 0 bridgehead atoms. The summed E-state index contributed by atoms with van der Waals surface area (Å²) < 4.78 is 16.9. The van der Waals surface area contributed by atoms with Crippen molar-refractivity contribution in [3.63, 3.8) is 0 Å². The second-order valence-corrected chi connectivity index (χ2v) is 7.28. The number of aromatic nitrogens is 2. The summed E-state index contributed by atoms with van der Waals surface area (Å²) in [5.74, 6) is 0.0930. The third kappa shape index (κ3) is 4.87. The number of esters is 1. The van der Waals surface area contributed by atoms with Gasteiger partial charge in [-0.25, -0.2) is 4.79 Å². The quantitative estimate of drug-likeness (QED) is 0.343. The Kier molecular flexibility index (Phi) is 6.80. The van der Waals surface area contributed by atoms with E-state index < -0.39 is 5.97 Å². The molecule has 4 rings (SSSR count). The minimum atomic E-state index is -0.561. The lowest BCUT2D eigenvalue weighted by atomic mass is 9.99. The smallest absolute Gasteiger partial charge is 0.342 e. The number of aryl methyl sites for hydroxylation is 1. The maximum absolute atomic E-state index is 13.3. The molecule has 0 aliphatic carbocycles. The molecule has 0 saturated heterocycles. The SMILES string of the molecule is COc1nc(C)nc(Oc2cccc(-c3ccccc3)c2C(=O)OCc2ccccc2)c1C#N. The fourth-order valence-electron chi connectivity index (χ4n) is 3.42. The molecule has 7 heteroatoms. The molecular weight excluding hydrogens is 430 g/mol. The van der Waals surface area contributed by atoms with Gasteiger partial charge in [-0.3, -0.25) is 0 Å². The highest BCUT2D eigenvalue weighted by Crippen LogP contribution is 2.36. The summed E-state index contributed by atoms with van der Waals surface area (Å²) in [6.45, 7) is 1.76. The molecule has 0 fully saturated rings. The Labute approximate surface area is 197 Å². The molecule has 0 amide bonds. The van der Waals surface area contributed by atoms with Crippen molar-refractivity contribution in [1.29, 1.82) is 5.26 Å². The van der Waals surface area contributed by atoms with Crippen LogP contribution < -0.4 is 9.47 Å². The third-order valence-corrected chi connectivity index (χ3v) is 4.99. The number of nitrogens with zero attached hydrogens (tertiary/aromatic N) is 3. The Hall–Kier alpha value is -4.70. The summed E-state index contributed by atoms with van der Waals surface area (Å²) in [7, 11) is 1.41. The summed E-state index contributed by atoms with van der Waals surface area (Å²) in [6, 6.07) is 26.1. The predicted molar refractivity (Wildman–Crippen MR) is 126 cm³/mol. The van der Waals surface area contributed by atoms with E-state index in [2.05, 4.69) is 9.97 Å². The van der Waals surface area contributed by atoms with Crippen LogP contribution in [0.4, 0.5) is 0 Å². The van der Waals surface area contributed by atoms with Crippen molar-refractivity contribution in [1.82, 2.24) is 9.97 Å². The van der Waals surface area contributed by atoms with Crippen LogP contribution in [0.1, 0.15) is 27.3 Å². The highest BCUT2D eigenvalue weighted by atomic mass is 16.5. The van der Waals surface area contributed by atoms with Crippen LogP contribution in [0.25, 0.3) is 11.1 Å². The monoisotopic (exact) mass is 451 g/mol. The molecule has 0 N–H and O–H groups in total. The van der Waals surface area contributed by atoms with Gasteiger partial charge < -0.3 is 14.2 Å². The van der Waals surface area contributed by atoms with Crippen molar-refractivity contribution >= 4 is 5.97 Å². The Morgan fingerprint density at radius 2 is 1.59 bits per heavy atom. The number of hydrogen-bond donors (Lipinski definition) is 0. The first-order valence-electron chi connectivity index (χ1n) is 10.5. The second kappa shape index (κ2) is 10.3. The van der Waals surface area contributed by atoms with Crippen LogP contribution in [-0.4, -0.2) is 23.0 Å². The Morgan fingerprint density at radius 1 is 0.912 bits per heavy atom. The first-order valence-corrected chi connectivity index (χ1v) is 10.5. The predicted octanol–water partition coefficient (Wildman–Crippen LogP) is 5.48. The highest BCUT2D eigenvalue weighted by molar-refractivity contribution is 6.00. The standard InChI is InChI=1S/C27H21N3O4/c1-18-29-25(32-2)22(16-28)26(30-18)34-23-15-9-14-21(20-12-7-4-8-13-20)24(23)27(31)33-17-19-10-5-3-6-11-19/h3-15H,17H2,1-2H3. The number of rotatable bonds is 7. The highest BCUT2D eigenvalue weighted by Gasteiger charge is 2.23. The number of carbonyl (C=O) groups is 1. The van der Waals surface area contributed by atoms with Gasteiger partial charge in [-0.2, -0.15) is 15.2 Å². The topological polar surface area (TPSA) is 94.3 Å². The lowest BCUT2D eigenvalue weighted by Crippen LogP contribution is -2.10. The molecule has 0 unspecified atom stereocenters. The van der Waals surface area contributed by atoms with E-state index >= 15 is 0 Å². The summed E-state index contributed by atoms with van der Waals surface area (Å²) >= 11 is 0. The van der Waals surface area contributed by atoms with Gasteiger partial charge in [0.2, 0.25) is 11.8 Å². The molecule has 34 heavy (non-hydrogen) atoms. The van der Waals surface area contributed by atoms with Crippen molar-refractivity contribution < 1.29 is 19.0 Å². The normalized spacial score (nSPS) is 10.3. The zero-order valence-electron chi connectivity index (χ0n) is 18.7. The molecule has 0 radical (unpaired) electrons. The molecule has 0 aliphatic heterocycles. The van der Waals surface area contributed by atoms with Gasteiger partial charge in [-0.05, 0) is 29.7 Å². The van der Waals surface area contributed by atoms with Crippen LogP contribution in [0.15, 0.2) is 78.9 Å². The molecule has 7 nitrogen and oxygen atoms in total. The lowest BCUT2D eigenvalue weighted by Gasteiger charge is -2.16. The van der Waals surface area contributed by atoms with E-state index in [0.29, 0.717) is 11.4 Å². The first-order chi connectivity index (χ1) is 16.6. The van der Waals surface area contributed by atoms with E-state index in [-0.39, 0.29) is 35.2 Å². The number of nitriles is 1. The minimum Gasteiger partial charge on any atom is -0.480 e. The van der Waals surface area contributed by atoms with Gasteiger partial charge in [0.05, 0.1) is 7.11 Å². The molecule has 0 aliphatic rings. The summed E-state index contributed by atoms with van der Waals surface area (Å²) in [4.78, 5) is 21.7. The number of ether oxygens (including phenoxy) is 3. The Balaban J connectivity index is 1.78. The number of benzene rings is 3. The first kappa shape index (κ1) is 22.5. The van der Waals surface area contributed by atoms with Crippen molar-refractivity contribution in [2.24, 2.45) is 0 Å². The molecule has 3 aromatic carbocycles. The molecule has 1 heterocycles. The maximum atomic E-state index is 13.3. The number of methoxy groups -OCH3 is 1. The average molecular weight is 451 g/mol. The molecule has 0 spiro atoms. The van der Waals surface area contributed by atoms with Crippen LogP contribution in [0.5, 0.6) is 17.5 Å². The van der Waals surface area contributed by atoms with Gasteiger partial charge in [-0.1, -0.05) is 72.8 Å². The van der Waals surface area contributed by atoms with Crippen LogP contribution in [-0.2, 0) is 11.3 Å². The Bertz CT molecular complexity index is 1350. The van der Waals surface area contributed by atoms with Crippen molar-refractivity contribution in [2.75, 3.05) is 7.11 Å². The van der Waals surface area contributed by atoms with E-state index in [9.17, 15) is 10.1 Å². The van der Waals surface area contributed by atoms with Gasteiger partial charge in [0.25, 0.3) is 0 Å². The zero-order valence-corrected chi connectivity index (χ0v) is 18.7. The average Bonchev–Trinajstić information content (AvgIpc) is 2.88. The molecule has 168 valence electrons. The summed E-state index contributed by atoms with van der Waals surface area (Å²) in [5.41, 5.74) is 2.56. The van der Waals surface area contributed by atoms with Crippen LogP contribution in [0.3, 0.4) is 0 Å². The number of carbonyl (C=O) groups excluding carboxylic acids is 1. The fourth-order valence-corrected chi connectivity index (χ4v) is 3.42. The fraction of sp³-hybridized carbons (Fsp3) is 0.111. The van der Waals surface area contributed by atoms with E-state index in [1.54, 1.807) is 19.1 Å². The van der Waals surface area contributed by atoms with E-state index in [1.165, 1.54) is 7.11 Å². The van der Waals surface area contributed by atoms with Gasteiger partial charge in [0.15, 0.2) is 5.56 Å². The summed E-state index contributed by atoms with van der Waals surface area (Å²) in [5, 5.41) is 9.64. The van der Waals surface area contributed by atoms with E-state index in [1.807, 2.05) is 72.8 Å². The largest absolute Gasteiger partial charge is 0.480 e. The third-order valence-electron chi connectivity index (χ3n) is 4.99. The van der Waals surface area contributed by atoms with Crippen LogP contribution in [0.2, 0.25) is 0 Å². The Morgan fingerprint density at radius 3 is 2.26 bits per heavy atom. The molecular formula is C27H21N3O4. The molecule has 0 saturated carbocycles. The number of hydrogen-bond acceptors (Lipinski definition) is 7. The molecule has 4 aromatic rings. The molecule has 1 aromatic heterocycles. The van der Waals surface area contributed by atoms with Gasteiger partial charge in [-0.15, -0.1) is 0 Å². The van der Waals surface area contributed by atoms with Crippen molar-refractivity contribution in [3.8, 4) is 34.7 Å². The van der Waals surface area contributed by atoms with Crippen LogP contribution in [0, 0.1) is 18.3 Å². The van der Waals surface area contributed by atoms with Crippen molar-refractivity contribution in [3.05, 3.63) is 101 Å². The van der Waals surface area contributed by atoms with Gasteiger partial charge in [0, 0.05) is 0 Å². The minimum absolute atomic E-state index is 0.00540. The molecule has 0 atom stereocenters. The second-order valence-electron chi connectivity index (χ2n) is 7.28. The zero-order chi connectivity index (χ0) is 23.9. The lowest BCUT2D eigenvalue weighted by molar-refractivity contribution is 0.0471. The van der Waals surface area contributed by atoms with Gasteiger partial charge in [0.1, 0.15) is 29.8 Å². The van der Waals surface area contributed by atoms with E-state index in [0.717, 1.165) is 11.1 Å². The van der Waals surface area contributed by atoms with Crippen molar-refractivity contribution in [2.45, 2.75) is 13.5 Å². The van der Waals surface area contributed by atoms with Gasteiger partial charge >= 0.3 is 5.97 Å². The van der Waals surface area contributed by atoms with E-state index in [4.69, 9.17) is 14.2 Å².